The van der Waals surface area contributed by atoms with Crippen molar-refractivity contribution < 1.29 is 14.3 Å². The second-order valence-corrected chi connectivity index (χ2v) is 3.26. The van der Waals surface area contributed by atoms with Crippen LogP contribution in [0.5, 0.6) is 5.75 Å². The van der Waals surface area contributed by atoms with Crippen molar-refractivity contribution in [3.8, 4) is 5.75 Å². The standard InChI is InChI=1S/C11H13NO3/c1-6-7(2)9(15-3)5-4-8(6)10(13)11(12)14/h4-5H,1-3H3,(H2,12,14). The zero-order chi connectivity index (χ0) is 11.6. The van der Waals surface area contributed by atoms with Gasteiger partial charge in [-0.25, -0.2) is 0 Å². The van der Waals surface area contributed by atoms with Crippen LogP contribution in [0, 0.1) is 13.8 Å². The van der Waals surface area contributed by atoms with Crippen LogP contribution < -0.4 is 10.5 Å². The molecular weight excluding hydrogens is 194 g/mol. The minimum absolute atomic E-state index is 0.334. The zero-order valence-corrected chi connectivity index (χ0v) is 8.96. The molecule has 0 fully saturated rings. The van der Waals surface area contributed by atoms with Gasteiger partial charge < -0.3 is 10.5 Å². The molecule has 1 aromatic rings. The Morgan fingerprint density at radius 1 is 1.20 bits per heavy atom. The van der Waals surface area contributed by atoms with Gasteiger partial charge in [-0.15, -0.1) is 0 Å². The van der Waals surface area contributed by atoms with Crippen molar-refractivity contribution in [1.82, 2.24) is 0 Å². The lowest BCUT2D eigenvalue weighted by Gasteiger charge is -2.10. The molecule has 1 aromatic carbocycles. The number of rotatable bonds is 3. The highest BCUT2D eigenvalue weighted by Crippen LogP contribution is 2.23. The number of amides is 1. The van der Waals surface area contributed by atoms with E-state index < -0.39 is 11.7 Å². The van der Waals surface area contributed by atoms with E-state index in [4.69, 9.17) is 10.5 Å². The van der Waals surface area contributed by atoms with Gasteiger partial charge in [0.25, 0.3) is 5.91 Å². The Balaban J connectivity index is 3.29. The van der Waals surface area contributed by atoms with Crippen molar-refractivity contribution in [3.05, 3.63) is 28.8 Å². The summed E-state index contributed by atoms with van der Waals surface area (Å²) in [6, 6.07) is 3.20. The molecule has 0 atom stereocenters. The Kier molecular flexibility index (Phi) is 3.09. The number of carbonyl (C=O) groups is 2. The average Bonchev–Trinajstić information content (AvgIpc) is 2.21. The molecule has 0 aliphatic carbocycles. The Morgan fingerprint density at radius 2 is 1.80 bits per heavy atom. The van der Waals surface area contributed by atoms with Crippen LogP contribution in [-0.2, 0) is 4.79 Å². The summed E-state index contributed by atoms with van der Waals surface area (Å²) in [5.41, 5.74) is 6.83. The largest absolute Gasteiger partial charge is 0.496 e. The van der Waals surface area contributed by atoms with Crippen molar-refractivity contribution in [2.24, 2.45) is 5.73 Å². The van der Waals surface area contributed by atoms with E-state index in [2.05, 4.69) is 0 Å². The molecule has 4 heteroatoms. The minimum atomic E-state index is -0.942. The number of benzene rings is 1. The first-order valence-electron chi connectivity index (χ1n) is 4.47. The van der Waals surface area contributed by atoms with Gasteiger partial charge >= 0.3 is 0 Å². The zero-order valence-electron chi connectivity index (χ0n) is 8.96. The van der Waals surface area contributed by atoms with E-state index in [1.165, 1.54) is 0 Å². The molecule has 0 spiro atoms. The van der Waals surface area contributed by atoms with E-state index in [0.29, 0.717) is 11.3 Å². The highest BCUT2D eigenvalue weighted by Gasteiger charge is 2.17. The first-order chi connectivity index (χ1) is 6.99. The smallest absolute Gasteiger partial charge is 0.289 e. The van der Waals surface area contributed by atoms with Crippen molar-refractivity contribution in [2.75, 3.05) is 7.11 Å². The van der Waals surface area contributed by atoms with Crippen LogP contribution in [0.25, 0.3) is 0 Å². The van der Waals surface area contributed by atoms with E-state index in [0.717, 1.165) is 11.1 Å². The summed E-state index contributed by atoms with van der Waals surface area (Å²) >= 11 is 0. The fraction of sp³-hybridized carbons (Fsp3) is 0.273. The molecule has 1 rings (SSSR count). The quantitative estimate of drug-likeness (QED) is 0.593. The van der Waals surface area contributed by atoms with E-state index in [1.807, 2.05) is 6.92 Å². The Hall–Kier alpha value is -1.84. The summed E-state index contributed by atoms with van der Waals surface area (Å²) < 4.78 is 5.09. The van der Waals surface area contributed by atoms with Gasteiger partial charge in [-0.05, 0) is 37.1 Å². The maximum atomic E-state index is 11.4. The SMILES string of the molecule is COc1ccc(C(=O)C(N)=O)c(C)c1C. The van der Waals surface area contributed by atoms with E-state index >= 15 is 0 Å². The first kappa shape index (κ1) is 11.2. The summed E-state index contributed by atoms with van der Waals surface area (Å²) in [6.07, 6.45) is 0. The van der Waals surface area contributed by atoms with Gasteiger partial charge in [0.15, 0.2) is 0 Å². The number of nitrogens with two attached hydrogens (primary N) is 1. The number of primary amides is 1. The molecule has 0 aromatic heterocycles. The van der Waals surface area contributed by atoms with Gasteiger partial charge in [0, 0.05) is 5.56 Å². The molecule has 1 amide bonds. The average molecular weight is 207 g/mol. The highest BCUT2D eigenvalue weighted by atomic mass is 16.5. The number of Topliss-reactive ketones (excluding diaryl/α,β-unsaturated/α-hetero) is 1. The maximum absolute atomic E-state index is 11.4. The van der Waals surface area contributed by atoms with E-state index in [1.54, 1.807) is 26.2 Å². The van der Waals surface area contributed by atoms with Crippen LogP contribution in [0.3, 0.4) is 0 Å². The fourth-order valence-electron chi connectivity index (χ4n) is 1.40. The number of carbonyl (C=O) groups excluding carboxylic acids is 2. The summed E-state index contributed by atoms with van der Waals surface area (Å²) in [5.74, 6) is -0.922. The summed E-state index contributed by atoms with van der Waals surface area (Å²) in [5, 5.41) is 0. The fourth-order valence-corrected chi connectivity index (χ4v) is 1.40. The molecule has 0 heterocycles. The molecule has 0 saturated heterocycles. The second kappa shape index (κ2) is 4.13. The summed E-state index contributed by atoms with van der Waals surface area (Å²) in [7, 11) is 1.55. The molecule has 0 aliphatic rings. The predicted molar refractivity (Wildman–Crippen MR) is 56.0 cm³/mol. The Bertz CT molecular complexity index is 424. The van der Waals surface area contributed by atoms with E-state index in [9.17, 15) is 9.59 Å². The number of hydrogen-bond donors (Lipinski definition) is 1. The number of ketones is 1. The van der Waals surface area contributed by atoms with Gasteiger partial charge in [-0.3, -0.25) is 9.59 Å². The molecule has 80 valence electrons. The van der Waals surface area contributed by atoms with Gasteiger partial charge in [-0.2, -0.15) is 0 Å². The van der Waals surface area contributed by atoms with Crippen LogP contribution in [0.1, 0.15) is 21.5 Å². The van der Waals surface area contributed by atoms with Gasteiger partial charge in [-0.1, -0.05) is 0 Å². The summed E-state index contributed by atoms with van der Waals surface area (Å²) in [4.78, 5) is 22.2. The third-order valence-corrected chi connectivity index (χ3v) is 2.43. The lowest BCUT2D eigenvalue weighted by molar-refractivity contribution is -0.114. The summed E-state index contributed by atoms with van der Waals surface area (Å²) in [6.45, 7) is 3.58. The Morgan fingerprint density at radius 3 is 2.27 bits per heavy atom. The van der Waals surface area contributed by atoms with E-state index in [-0.39, 0.29) is 0 Å². The lowest BCUT2D eigenvalue weighted by atomic mass is 9.99. The molecule has 0 radical (unpaired) electrons. The number of methoxy groups -OCH3 is 1. The highest BCUT2D eigenvalue weighted by molar-refractivity contribution is 6.42. The maximum Gasteiger partial charge on any atom is 0.289 e. The van der Waals surface area contributed by atoms with Crippen LogP contribution >= 0.6 is 0 Å². The molecule has 2 N–H and O–H groups in total. The third kappa shape index (κ3) is 1.98. The minimum Gasteiger partial charge on any atom is -0.496 e. The van der Waals surface area contributed by atoms with Crippen LogP contribution in [0.2, 0.25) is 0 Å². The predicted octanol–water partition coefficient (Wildman–Crippen LogP) is 0.980. The molecule has 0 unspecified atom stereocenters. The number of hydrogen-bond acceptors (Lipinski definition) is 3. The third-order valence-electron chi connectivity index (χ3n) is 2.43. The Labute approximate surface area is 88.0 Å². The van der Waals surface area contributed by atoms with Crippen LogP contribution in [0.15, 0.2) is 12.1 Å². The first-order valence-corrected chi connectivity index (χ1v) is 4.47. The topological polar surface area (TPSA) is 69.4 Å². The van der Waals surface area contributed by atoms with Gasteiger partial charge in [0.05, 0.1) is 7.11 Å². The number of ether oxygens (including phenoxy) is 1. The van der Waals surface area contributed by atoms with Crippen LogP contribution in [0.4, 0.5) is 0 Å². The van der Waals surface area contributed by atoms with Gasteiger partial charge in [0.1, 0.15) is 5.75 Å². The molecule has 4 nitrogen and oxygen atoms in total. The van der Waals surface area contributed by atoms with Gasteiger partial charge in [0.2, 0.25) is 5.78 Å². The molecule has 15 heavy (non-hydrogen) atoms. The monoisotopic (exact) mass is 207 g/mol. The van der Waals surface area contributed by atoms with Crippen molar-refractivity contribution in [1.29, 1.82) is 0 Å². The van der Waals surface area contributed by atoms with Crippen LogP contribution in [-0.4, -0.2) is 18.8 Å². The molecule has 0 saturated carbocycles. The molecule has 0 aliphatic heterocycles. The molecule has 0 bridgehead atoms. The van der Waals surface area contributed by atoms with Crippen molar-refractivity contribution in [2.45, 2.75) is 13.8 Å². The second-order valence-electron chi connectivity index (χ2n) is 3.26. The normalized spacial score (nSPS) is 9.80. The molecular formula is C11H13NO3. The van der Waals surface area contributed by atoms with Crippen molar-refractivity contribution >= 4 is 11.7 Å². The van der Waals surface area contributed by atoms with Crippen molar-refractivity contribution in [3.63, 3.8) is 0 Å². The lowest BCUT2D eigenvalue weighted by Crippen LogP contribution is -2.24.